The molecule has 0 bridgehead atoms. The van der Waals surface area contributed by atoms with Gasteiger partial charge in [0.1, 0.15) is 24.2 Å². The molecule has 1 fully saturated rings. The van der Waals surface area contributed by atoms with Gasteiger partial charge in [0.15, 0.2) is 0 Å². The van der Waals surface area contributed by atoms with Gasteiger partial charge in [0, 0.05) is 6.54 Å². The molecule has 0 spiro atoms. The van der Waals surface area contributed by atoms with Crippen LogP contribution in [0.15, 0.2) is 0 Å². The molecule has 1 heterocycles. The fourth-order valence-electron chi connectivity index (χ4n) is 3.21. The monoisotopic (exact) mass is 427 g/mol. The zero-order valence-electron chi connectivity index (χ0n) is 17.9. The Morgan fingerprint density at radius 1 is 1.00 bits per heavy atom. The number of rotatable bonds is 10. The van der Waals surface area contributed by atoms with Crippen LogP contribution in [0.4, 0.5) is 0 Å². The molecule has 0 aliphatic carbocycles. The van der Waals surface area contributed by atoms with Crippen molar-refractivity contribution in [1.82, 2.24) is 20.9 Å². The third kappa shape index (κ3) is 7.29. The Kier molecular flexibility index (Phi) is 9.70. The largest absolute Gasteiger partial charge is 0.480 e. The van der Waals surface area contributed by atoms with Gasteiger partial charge in [-0.2, -0.15) is 0 Å². The van der Waals surface area contributed by atoms with E-state index in [1.54, 1.807) is 0 Å². The molecule has 0 aromatic heterocycles. The normalized spacial score (nSPS) is 19.0. The Bertz CT molecular complexity index is 668. The Morgan fingerprint density at radius 2 is 1.63 bits per heavy atom. The van der Waals surface area contributed by atoms with Gasteiger partial charge in [0.05, 0.1) is 6.54 Å². The first-order valence-electron chi connectivity index (χ1n) is 10.1. The Morgan fingerprint density at radius 3 is 2.17 bits per heavy atom. The van der Waals surface area contributed by atoms with Crippen LogP contribution in [0.5, 0.6) is 0 Å². The molecular weight excluding hydrogens is 394 g/mol. The number of aliphatic carboxylic acids is 1. The second-order valence-corrected chi connectivity index (χ2v) is 7.94. The predicted octanol–water partition coefficient (Wildman–Crippen LogP) is -1.44. The highest BCUT2D eigenvalue weighted by Crippen LogP contribution is 2.17. The van der Waals surface area contributed by atoms with Gasteiger partial charge in [-0.3, -0.25) is 24.0 Å². The molecule has 170 valence electrons. The van der Waals surface area contributed by atoms with Gasteiger partial charge in [-0.1, -0.05) is 13.8 Å². The fraction of sp³-hybridized carbons (Fsp3) is 0.737. The molecule has 11 nitrogen and oxygen atoms in total. The van der Waals surface area contributed by atoms with Crippen molar-refractivity contribution in [2.75, 3.05) is 13.1 Å². The summed E-state index contributed by atoms with van der Waals surface area (Å²) in [5.41, 5.74) is 5.38. The summed E-state index contributed by atoms with van der Waals surface area (Å²) in [6.07, 6.45) is 1.45. The van der Waals surface area contributed by atoms with E-state index >= 15 is 0 Å². The van der Waals surface area contributed by atoms with E-state index in [-0.39, 0.29) is 18.4 Å². The van der Waals surface area contributed by atoms with Crippen molar-refractivity contribution in [2.45, 2.75) is 71.1 Å². The quantitative estimate of drug-likeness (QED) is 0.284. The van der Waals surface area contributed by atoms with Crippen molar-refractivity contribution in [3.63, 3.8) is 0 Å². The maximum atomic E-state index is 12.6. The minimum atomic E-state index is -1.19. The van der Waals surface area contributed by atoms with Gasteiger partial charge in [-0.25, -0.2) is 0 Å². The van der Waals surface area contributed by atoms with Gasteiger partial charge in [0.2, 0.25) is 23.6 Å². The standard InChI is InChI=1S/C19H33N5O6/c1-10(2)8-13(17(27)22-12(4)19(29)30)23-16(26)11(3)21-18(28)14-6-5-7-24(14)15(25)9-20/h10-14H,5-9,20H2,1-4H3,(H,21,28)(H,22,27)(H,23,26)(H,29,30)/t11-,12-,13-,14-/m0/s1. The first-order chi connectivity index (χ1) is 14.0. The zero-order valence-corrected chi connectivity index (χ0v) is 17.9. The Labute approximate surface area is 176 Å². The third-order valence-corrected chi connectivity index (χ3v) is 4.87. The number of nitrogens with zero attached hydrogens (tertiary/aromatic N) is 1. The molecule has 0 saturated carbocycles. The molecule has 4 amide bonds. The van der Waals surface area contributed by atoms with Crippen LogP contribution in [0, 0.1) is 5.92 Å². The lowest BCUT2D eigenvalue weighted by Crippen LogP contribution is -2.56. The van der Waals surface area contributed by atoms with E-state index in [0.717, 1.165) is 0 Å². The summed E-state index contributed by atoms with van der Waals surface area (Å²) in [5.74, 6) is -3.11. The summed E-state index contributed by atoms with van der Waals surface area (Å²) in [6, 6.07) is -3.68. The minimum Gasteiger partial charge on any atom is -0.480 e. The highest BCUT2D eigenvalue weighted by Gasteiger charge is 2.35. The maximum absolute atomic E-state index is 12.6. The number of carbonyl (C=O) groups excluding carboxylic acids is 4. The second-order valence-electron chi connectivity index (χ2n) is 7.94. The summed E-state index contributed by atoms with van der Waals surface area (Å²) in [4.78, 5) is 61.7. The molecule has 0 radical (unpaired) electrons. The molecule has 11 heteroatoms. The first kappa shape index (κ1) is 25.3. The number of nitrogens with one attached hydrogen (secondary N) is 3. The minimum absolute atomic E-state index is 0.0559. The van der Waals surface area contributed by atoms with Crippen molar-refractivity contribution in [1.29, 1.82) is 0 Å². The van der Waals surface area contributed by atoms with Gasteiger partial charge >= 0.3 is 5.97 Å². The molecule has 6 N–H and O–H groups in total. The number of hydrogen-bond donors (Lipinski definition) is 5. The lowest BCUT2D eigenvalue weighted by atomic mass is 10.0. The number of likely N-dealkylation sites (tertiary alicyclic amines) is 1. The smallest absolute Gasteiger partial charge is 0.325 e. The summed E-state index contributed by atoms with van der Waals surface area (Å²) >= 11 is 0. The Balaban J connectivity index is 2.73. The average Bonchev–Trinajstić information content (AvgIpc) is 3.16. The average molecular weight is 428 g/mol. The summed E-state index contributed by atoms with van der Waals surface area (Å²) < 4.78 is 0. The summed E-state index contributed by atoms with van der Waals surface area (Å²) in [7, 11) is 0. The molecule has 0 aromatic rings. The molecule has 1 aliphatic rings. The molecule has 30 heavy (non-hydrogen) atoms. The lowest BCUT2D eigenvalue weighted by molar-refractivity contribution is -0.142. The zero-order chi connectivity index (χ0) is 23.0. The molecule has 0 aromatic carbocycles. The van der Waals surface area contributed by atoms with Crippen LogP contribution >= 0.6 is 0 Å². The SMILES string of the molecule is CC(C)C[C@H](NC(=O)[C@H](C)NC(=O)[C@@H]1CCCN1C(=O)CN)C(=O)N[C@@H](C)C(=O)O. The summed E-state index contributed by atoms with van der Waals surface area (Å²) in [6.45, 7) is 6.77. The van der Waals surface area contributed by atoms with Crippen molar-refractivity contribution >= 4 is 29.6 Å². The van der Waals surface area contributed by atoms with Crippen molar-refractivity contribution in [2.24, 2.45) is 11.7 Å². The molecule has 1 rings (SSSR count). The molecule has 1 saturated heterocycles. The van der Waals surface area contributed by atoms with E-state index in [1.165, 1.54) is 18.7 Å². The van der Waals surface area contributed by atoms with E-state index in [0.29, 0.717) is 25.8 Å². The summed E-state index contributed by atoms with van der Waals surface area (Å²) in [5, 5.41) is 16.5. The van der Waals surface area contributed by atoms with Crippen LogP contribution in [0.1, 0.15) is 47.0 Å². The predicted molar refractivity (Wildman–Crippen MR) is 108 cm³/mol. The van der Waals surface area contributed by atoms with E-state index in [9.17, 15) is 24.0 Å². The molecule has 0 unspecified atom stereocenters. The van der Waals surface area contributed by atoms with Crippen molar-refractivity contribution < 1.29 is 29.1 Å². The van der Waals surface area contributed by atoms with Gasteiger partial charge in [0.25, 0.3) is 0 Å². The highest BCUT2D eigenvalue weighted by atomic mass is 16.4. The van der Waals surface area contributed by atoms with Crippen LogP contribution in [-0.4, -0.2) is 76.9 Å². The van der Waals surface area contributed by atoms with Crippen LogP contribution in [0.2, 0.25) is 0 Å². The number of amides is 4. The number of carboxylic acid groups (broad SMARTS) is 1. The van der Waals surface area contributed by atoms with Gasteiger partial charge in [-0.05, 0) is 39.0 Å². The molecule has 1 aliphatic heterocycles. The van der Waals surface area contributed by atoms with Gasteiger partial charge < -0.3 is 31.7 Å². The third-order valence-electron chi connectivity index (χ3n) is 4.87. The highest BCUT2D eigenvalue weighted by molar-refractivity contribution is 5.95. The van der Waals surface area contributed by atoms with E-state index < -0.39 is 47.9 Å². The van der Waals surface area contributed by atoms with E-state index in [1.807, 2.05) is 13.8 Å². The first-order valence-corrected chi connectivity index (χ1v) is 10.1. The van der Waals surface area contributed by atoms with Crippen molar-refractivity contribution in [3.8, 4) is 0 Å². The van der Waals surface area contributed by atoms with E-state index in [4.69, 9.17) is 10.8 Å². The number of hydrogen-bond acceptors (Lipinski definition) is 6. The Hall–Kier alpha value is -2.69. The molecule has 4 atom stereocenters. The van der Waals surface area contributed by atoms with Crippen LogP contribution in [0.3, 0.4) is 0 Å². The lowest BCUT2D eigenvalue weighted by Gasteiger charge is -2.26. The van der Waals surface area contributed by atoms with E-state index in [2.05, 4.69) is 16.0 Å². The van der Waals surface area contributed by atoms with Gasteiger partial charge in [-0.15, -0.1) is 0 Å². The van der Waals surface area contributed by atoms with Crippen LogP contribution in [-0.2, 0) is 24.0 Å². The fourth-order valence-corrected chi connectivity index (χ4v) is 3.21. The second kappa shape index (κ2) is 11.5. The number of nitrogens with two attached hydrogens (primary N) is 1. The number of carbonyl (C=O) groups is 5. The van der Waals surface area contributed by atoms with Crippen LogP contribution in [0.25, 0.3) is 0 Å². The molecular formula is C19H33N5O6. The van der Waals surface area contributed by atoms with Crippen LogP contribution < -0.4 is 21.7 Å². The topological polar surface area (TPSA) is 171 Å². The maximum Gasteiger partial charge on any atom is 0.325 e. The number of carboxylic acids is 1. The van der Waals surface area contributed by atoms with Crippen molar-refractivity contribution in [3.05, 3.63) is 0 Å².